The van der Waals surface area contributed by atoms with E-state index in [1.54, 1.807) is 0 Å². The Morgan fingerprint density at radius 3 is 1.95 bits per heavy atom. The minimum Gasteiger partial charge on any atom is -0.539 e. The second kappa shape index (κ2) is 10.3. The van der Waals surface area contributed by atoms with Crippen molar-refractivity contribution >= 4 is 53.2 Å². The summed E-state index contributed by atoms with van der Waals surface area (Å²) in [7, 11) is 0. The Balaban J connectivity index is 0. The van der Waals surface area contributed by atoms with Crippen molar-refractivity contribution in [3.63, 3.8) is 0 Å². The molecule has 0 unspecified atom stereocenters. The van der Waals surface area contributed by atoms with Gasteiger partial charge in [0.15, 0.2) is 16.3 Å². The van der Waals surface area contributed by atoms with Crippen LogP contribution in [-0.4, -0.2) is 33.4 Å². The molecule has 1 aromatic rings. The third-order valence-electron chi connectivity index (χ3n) is 1.22. The number of nitrogens with two attached hydrogens (primary N) is 1. The second-order valence-electron chi connectivity index (χ2n) is 2.39. The number of nitrogens with zero attached hydrogens (tertiary/aromatic N) is 2. The average Bonchev–Trinajstić information content (AvgIpc) is 2.24. The number of hydrogen-bond acceptors (Lipinski definition) is 7. The van der Waals surface area contributed by atoms with E-state index in [-0.39, 0.29) is 73.3 Å². The average molecular weight is 335 g/mol. The fraction of sp³-hybridized carbons (Fsp3) is 0. The number of carbonyl (C=O) groups excluding carboxylic acids is 2. The summed E-state index contributed by atoms with van der Waals surface area (Å²) < 4.78 is 0. The predicted molar refractivity (Wildman–Crippen MR) is 58.8 cm³/mol. The van der Waals surface area contributed by atoms with Gasteiger partial charge in [-0.3, -0.25) is 4.79 Å². The van der Waals surface area contributed by atoms with Gasteiger partial charge >= 0.3 is 57.4 Å². The quantitative estimate of drug-likeness (QED) is 0.212. The maximum atomic E-state index is 10.0. The number of rotatable bonds is 2. The Morgan fingerprint density at radius 2 is 1.68 bits per heavy atom. The molecule has 0 fully saturated rings. The van der Waals surface area contributed by atoms with Crippen LogP contribution in [0.4, 0.5) is 11.6 Å². The van der Waals surface area contributed by atoms with Crippen molar-refractivity contribution in [3.8, 4) is 0 Å². The van der Waals surface area contributed by atoms with Crippen molar-refractivity contribution in [2.75, 3.05) is 11.1 Å². The smallest absolute Gasteiger partial charge is 0.539 e. The number of aromatic nitrogens is 2. The summed E-state index contributed by atoms with van der Waals surface area (Å²) in [6, 6.07) is 0. The van der Waals surface area contributed by atoms with Gasteiger partial charge in [-0.2, -0.15) is 9.97 Å². The monoisotopic (exact) mass is 334 g/mol. The number of hydrogen-bond donors (Lipinski definition) is 3. The number of carboxylic acids is 2. The Bertz CT molecular complexity index is 452. The van der Waals surface area contributed by atoms with E-state index in [0.717, 1.165) is 0 Å². The molecule has 0 bridgehead atoms. The van der Waals surface area contributed by atoms with Crippen molar-refractivity contribution in [2.45, 2.75) is 0 Å². The number of nitrogens with one attached hydrogen (secondary N) is 1. The van der Waals surface area contributed by atoms with Crippen molar-refractivity contribution in [3.05, 3.63) is 10.3 Å². The third-order valence-corrected chi connectivity index (χ3v) is 1.76. The molecule has 4 N–H and O–H groups in total. The molecule has 0 saturated heterocycles. The molecule has 1 rings (SSSR count). The van der Waals surface area contributed by atoms with E-state index in [4.69, 9.17) is 48.7 Å². The van der Waals surface area contributed by atoms with Crippen LogP contribution in [0.1, 0.15) is 0 Å². The molecule has 0 spiro atoms. The van der Waals surface area contributed by atoms with Gasteiger partial charge in [0.1, 0.15) is 5.69 Å². The van der Waals surface area contributed by atoms with Crippen LogP contribution in [0.5, 0.6) is 0 Å². The van der Waals surface area contributed by atoms with Crippen molar-refractivity contribution in [1.29, 1.82) is 0 Å². The molecular weight excluding hydrogens is 330 g/mol. The number of carboxylic acid groups (broad SMARTS) is 2. The Hall–Kier alpha value is -0.494. The first-order chi connectivity index (χ1) is 8.29. The van der Waals surface area contributed by atoms with E-state index in [0.29, 0.717) is 6.41 Å². The van der Waals surface area contributed by atoms with Crippen LogP contribution in [0.25, 0.3) is 0 Å². The van der Waals surface area contributed by atoms with Crippen molar-refractivity contribution < 1.29 is 76.0 Å². The number of nitrogen functional groups attached to an aromatic ring is 1. The van der Waals surface area contributed by atoms with Gasteiger partial charge in [0.2, 0.25) is 12.4 Å². The van der Waals surface area contributed by atoms with E-state index >= 15 is 0 Å². The van der Waals surface area contributed by atoms with E-state index in [1.807, 2.05) is 0 Å². The number of halogens is 2. The maximum absolute atomic E-state index is 10.0. The molecule has 1 amide bonds. The van der Waals surface area contributed by atoms with Gasteiger partial charge < -0.3 is 26.1 Å². The standard InChI is InChI=1S/C5H4Cl2N4O.C2H2O4.K/c6-3-2(9-1-12)4(7)11-5(8)10-3;3-1(4)2(5)6;/h1H,(H,9,12)(H2,8,10,11);(H,3,4)(H,5,6);/q;;+1/p-1. The van der Waals surface area contributed by atoms with Crippen LogP contribution in [0, 0.1) is 0 Å². The minimum absolute atomic E-state index is 0. The molecule has 0 aliphatic heterocycles. The summed E-state index contributed by atoms with van der Waals surface area (Å²) >= 11 is 11.2. The summed E-state index contributed by atoms with van der Waals surface area (Å²) in [5.41, 5.74) is 5.37. The molecule has 12 heteroatoms. The molecular formula is C7H5Cl2KN4O5. The molecule has 0 atom stereocenters. The first-order valence-electron chi connectivity index (χ1n) is 3.92. The molecule has 0 radical (unpaired) electrons. The van der Waals surface area contributed by atoms with Crippen LogP contribution >= 0.6 is 23.2 Å². The first kappa shape index (κ1) is 20.8. The topological polar surface area (TPSA) is 158 Å². The van der Waals surface area contributed by atoms with E-state index in [1.165, 1.54) is 0 Å². The van der Waals surface area contributed by atoms with Crippen LogP contribution in [0.3, 0.4) is 0 Å². The Kier molecular flexibility index (Phi) is 11.3. The van der Waals surface area contributed by atoms with Gasteiger partial charge in [0.25, 0.3) is 0 Å². The largest absolute Gasteiger partial charge is 1.00 e. The van der Waals surface area contributed by atoms with Gasteiger partial charge in [0.05, 0.1) is 0 Å². The summed E-state index contributed by atoms with van der Waals surface area (Å²) in [6.07, 6.45) is 0.423. The molecule has 0 aliphatic rings. The Labute approximate surface area is 158 Å². The van der Waals surface area contributed by atoms with Crippen molar-refractivity contribution in [1.82, 2.24) is 9.97 Å². The van der Waals surface area contributed by atoms with Gasteiger partial charge in [-0.05, 0) is 0 Å². The van der Waals surface area contributed by atoms with Gasteiger partial charge in [0, 0.05) is 0 Å². The second-order valence-corrected chi connectivity index (χ2v) is 3.11. The zero-order valence-corrected chi connectivity index (χ0v) is 14.0. The summed E-state index contributed by atoms with van der Waals surface area (Å²) in [6.45, 7) is 0. The van der Waals surface area contributed by atoms with E-state index in [2.05, 4.69) is 15.3 Å². The summed E-state index contributed by atoms with van der Waals surface area (Å²) in [4.78, 5) is 35.2. The van der Waals surface area contributed by atoms with Crippen LogP contribution in [-0.2, 0) is 14.4 Å². The maximum Gasteiger partial charge on any atom is 1.00 e. The SMILES string of the molecule is Nc1nc(Cl)c(NC=O)c(Cl)n1.O=C([O-])C(=O)O.[K+]. The zero-order valence-electron chi connectivity index (χ0n) is 9.39. The molecule has 1 aromatic heterocycles. The number of amides is 1. The molecule has 0 aliphatic carbocycles. The van der Waals surface area contributed by atoms with Crippen LogP contribution in [0.2, 0.25) is 10.3 Å². The third kappa shape index (κ3) is 8.31. The molecule has 0 aromatic carbocycles. The summed E-state index contributed by atoms with van der Waals surface area (Å²) in [5, 5.41) is 18.6. The number of anilines is 2. The normalized spacial score (nSPS) is 8.32. The summed E-state index contributed by atoms with van der Waals surface area (Å²) in [5.74, 6) is -4.05. The first-order valence-corrected chi connectivity index (χ1v) is 4.68. The van der Waals surface area contributed by atoms with Crippen molar-refractivity contribution in [2.24, 2.45) is 0 Å². The molecule has 19 heavy (non-hydrogen) atoms. The number of aliphatic carboxylic acids is 2. The fourth-order valence-electron chi connectivity index (χ4n) is 0.601. The molecule has 1 heterocycles. The predicted octanol–water partition coefficient (Wildman–Crippen LogP) is -4.24. The number of carbonyl (C=O) groups is 3. The van der Waals surface area contributed by atoms with E-state index < -0.39 is 11.9 Å². The van der Waals surface area contributed by atoms with Gasteiger partial charge in [-0.25, -0.2) is 4.79 Å². The van der Waals surface area contributed by atoms with E-state index in [9.17, 15) is 4.79 Å². The minimum atomic E-state index is -2.07. The fourth-order valence-corrected chi connectivity index (χ4v) is 1.11. The molecule has 98 valence electrons. The zero-order chi connectivity index (χ0) is 14.3. The Morgan fingerprint density at radius 1 is 1.32 bits per heavy atom. The molecule has 0 saturated carbocycles. The van der Waals surface area contributed by atoms with Gasteiger partial charge in [-0.1, -0.05) is 23.2 Å². The van der Waals surface area contributed by atoms with Crippen LogP contribution in [0.15, 0.2) is 0 Å². The molecule has 9 nitrogen and oxygen atoms in total. The van der Waals surface area contributed by atoms with Crippen LogP contribution < -0.4 is 67.5 Å². The van der Waals surface area contributed by atoms with Gasteiger partial charge in [-0.15, -0.1) is 0 Å².